The third-order valence-corrected chi connectivity index (χ3v) is 5.05. The Morgan fingerprint density at radius 3 is 2.62 bits per heavy atom. The Morgan fingerprint density at radius 1 is 1.33 bits per heavy atom. The fourth-order valence-corrected chi connectivity index (χ4v) is 4.01. The number of carbonyl (C=O) groups excluding carboxylic acids is 1. The molecule has 4 nitrogen and oxygen atoms in total. The molecule has 2 saturated heterocycles. The topological polar surface area (TPSA) is 45.2 Å². The highest BCUT2D eigenvalue weighted by Gasteiger charge is 2.36. The molecule has 0 aliphatic carbocycles. The highest BCUT2D eigenvalue weighted by Crippen LogP contribution is 2.32. The van der Waals surface area contributed by atoms with Crippen molar-refractivity contribution >= 4 is 17.5 Å². The maximum absolute atomic E-state index is 12.4. The van der Waals surface area contributed by atoms with Crippen molar-refractivity contribution in [2.45, 2.75) is 57.2 Å². The van der Waals surface area contributed by atoms with E-state index in [2.05, 4.69) is 22.2 Å². The summed E-state index contributed by atoms with van der Waals surface area (Å²) in [5, 5.41) is 3.56. The molecule has 1 aromatic heterocycles. The highest BCUT2D eigenvalue weighted by atomic mass is 35.5. The van der Waals surface area contributed by atoms with Gasteiger partial charge in [-0.15, -0.1) is 0 Å². The molecule has 2 atom stereocenters. The predicted molar refractivity (Wildman–Crippen MR) is 83.7 cm³/mol. The number of pyridine rings is 1. The molecule has 2 aliphatic rings. The Hall–Kier alpha value is -1.13. The van der Waals surface area contributed by atoms with Crippen molar-refractivity contribution in [2.75, 3.05) is 7.05 Å². The van der Waals surface area contributed by atoms with E-state index in [4.69, 9.17) is 11.6 Å². The molecule has 1 aromatic rings. The minimum atomic E-state index is -0.0324. The minimum absolute atomic E-state index is 0.0324. The number of nitrogens with one attached hydrogen (secondary N) is 1. The number of hydrogen-bond acceptors (Lipinski definition) is 3. The first-order valence-corrected chi connectivity index (χ1v) is 8.07. The van der Waals surface area contributed by atoms with E-state index in [1.807, 2.05) is 6.92 Å². The van der Waals surface area contributed by atoms with Gasteiger partial charge in [0.15, 0.2) is 0 Å². The molecular formula is C16H22ClN3O. The van der Waals surface area contributed by atoms with Crippen LogP contribution in [-0.4, -0.2) is 41.0 Å². The number of hydrogen-bond donors (Lipinski definition) is 1. The van der Waals surface area contributed by atoms with E-state index >= 15 is 0 Å². The lowest BCUT2D eigenvalue weighted by Crippen LogP contribution is -2.55. The normalized spacial score (nSPS) is 29.2. The second-order valence-corrected chi connectivity index (χ2v) is 6.75. The van der Waals surface area contributed by atoms with Crippen molar-refractivity contribution in [3.8, 4) is 0 Å². The van der Waals surface area contributed by atoms with Crippen LogP contribution >= 0.6 is 11.6 Å². The molecule has 2 fully saturated rings. The van der Waals surface area contributed by atoms with E-state index in [1.54, 1.807) is 12.1 Å². The monoisotopic (exact) mass is 307 g/mol. The molecule has 3 rings (SSSR count). The molecule has 2 aliphatic heterocycles. The third-order valence-electron chi connectivity index (χ3n) is 4.86. The molecule has 2 bridgehead atoms. The molecule has 0 saturated carbocycles. The molecule has 0 spiro atoms. The molecule has 114 valence electrons. The number of fused-ring (bicyclic) bond motifs is 2. The second-order valence-electron chi connectivity index (χ2n) is 6.37. The zero-order chi connectivity index (χ0) is 15.0. The van der Waals surface area contributed by atoms with Crippen LogP contribution in [0, 0.1) is 6.92 Å². The SMILES string of the molecule is Cc1cc(C(=O)NC2CC3CCCC(C2)N3C)cc(Cl)n1. The molecule has 1 amide bonds. The Balaban J connectivity index is 1.68. The van der Waals surface area contributed by atoms with Crippen LogP contribution in [0.2, 0.25) is 5.15 Å². The first kappa shape index (κ1) is 14.8. The smallest absolute Gasteiger partial charge is 0.251 e. The van der Waals surface area contributed by atoms with Crippen molar-refractivity contribution in [1.82, 2.24) is 15.2 Å². The summed E-state index contributed by atoms with van der Waals surface area (Å²) in [4.78, 5) is 19.0. The van der Waals surface area contributed by atoms with Crippen LogP contribution < -0.4 is 5.32 Å². The minimum Gasteiger partial charge on any atom is -0.349 e. The van der Waals surface area contributed by atoms with Crippen molar-refractivity contribution in [3.63, 3.8) is 0 Å². The van der Waals surface area contributed by atoms with Gasteiger partial charge in [0, 0.05) is 29.4 Å². The molecular weight excluding hydrogens is 286 g/mol. The van der Waals surface area contributed by atoms with Gasteiger partial charge in [-0.3, -0.25) is 4.79 Å². The molecule has 2 unspecified atom stereocenters. The number of amides is 1. The van der Waals surface area contributed by atoms with Crippen molar-refractivity contribution in [2.24, 2.45) is 0 Å². The second kappa shape index (κ2) is 5.93. The Kier molecular flexibility index (Phi) is 4.18. The number of nitrogens with zero attached hydrogens (tertiary/aromatic N) is 2. The van der Waals surface area contributed by atoms with Gasteiger partial charge in [0.1, 0.15) is 5.15 Å². The lowest BCUT2D eigenvalue weighted by molar-refractivity contribution is 0.0463. The van der Waals surface area contributed by atoms with Gasteiger partial charge in [0.25, 0.3) is 5.91 Å². The summed E-state index contributed by atoms with van der Waals surface area (Å²) in [7, 11) is 2.22. The Morgan fingerprint density at radius 2 is 2.00 bits per heavy atom. The first-order chi connectivity index (χ1) is 10.0. The highest BCUT2D eigenvalue weighted by molar-refractivity contribution is 6.29. The Bertz CT molecular complexity index is 514. The largest absolute Gasteiger partial charge is 0.349 e. The average molecular weight is 308 g/mol. The molecule has 1 N–H and O–H groups in total. The number of carbonyl (C=O) groups is 1. The summed E-state index contributed by atoms with van der Waals surface area (Å²) < 4.78 is 0. The molecule has 5 heteroatoms. The van der Waals surface area contributed by atoms with E-state index < -0.39 is 0 Å². The fourth-order valence-electron chi connectivity index (χ4n) is 3.76. The van der Waals surface area contributed by atoms with E-state index in [9.17, 15) is 4.79 Å². The van der Waals surface area contributed by atoms with Crippen molar-refractivity contribution in [3.05, 3.63) is 28.5 Å². The summed E-state index contributed by atoms with van der Waals surface area (Å²) in [6.07, 6.45) is 5.92. The van der Waals surface area contributed by atoms with Gasteiger partial charge in [0.05, 0.1) is 0 Å². The van der Waals surface area contributed by atoms with Crippen LogP contribution in [0.25, 0.3) is 0 Å². The van der Waals surface area contributed by atoms with Crippen LogP contribution in [0.3, 0.4) is 0 Å². The summed E-state index contributed by atoms with van der Waals surface area (Å²) in [5.41, 5.74) is 1.38. The van der Waals surface area contributed by atoms with Crippen LogP contribution in [0.4, 0.5) is 0 Å². The van der Waals surface area contributed by atoms with Gasteiger partial charge >= 0.3 is 0 Å². The number of piperidine rings is 2. The molecule has 21 heavy (non-hydrogen) atoms. The maximum Gasteiger partial charge on any atom is 0.251 e. The quantitative estimate of drug-likeness (QED) is 0.855. The van der Waals surface area contributed by atoms with Gasteiger partial charge in [-0.25, -0.2) is 4.98 Å². The van der Waals surface area contributed by atoms with E-state index in [0.717, 1.165) is 18.5 Å². The molecule has 3 heterocycles. The number of rotatable bonds is 2. The van der Waals surface area contributed by atoms with Crippen molar-refractivity contribution < 1.29 is 4.79 Å². The third kappa shape index (κ3) is 3.22. The number of aryl methyl sites for hydroxylation is 1. The summed E-state index contributed by atoms with van der Waals surface area (Å²) >= 11 is 5.94. The predicted octanol–water partition coefficient (Wildman–Crippen LogP) is 2.79. The first-order valence-electron chi connectivity index (χ1n) is 7.70. The van der Waals surface area contributed by atoms with Gasteiger partial charge in [0.2, 0.25) is 0 Å². The summed E-state index contributed by atoms with van der Waals surface area (Å²) in [6.45, 7) is 1.85. The van der Waals surface area contributed by atoms with Crippen LogP contribution in [0.15, 0.2) is 12.1 Å². The fraction of sp³-hybridized carbons (Fsp3) is 0.625. The summed E-state index contributed by atoms with van der Waals surface area (Å²) in [5.74, 6) is -0.0324. The lowest BCUT2D eigenvalue weighted by atomic mass is 9.82. The van der Waals surface area contributed by atoms with Gasteiger partial charge in [-0.05, 0) is 51.8 Å². The Labute approximate surface area is 130 Å². The van der Waals surface area contributed by atoms with Gasteiger partial charge < -0.3 is 10.2 Å². The van der Waals surface area contributed by atoms with Crippen LogP contribution in [0.1, 0.15) is 48.2 Å². The molecule has 0 aromatic carbocycles. The zero-order valence-electron chi connectivity index (χ0n) is 12.6. The van der Waals surface area contributed by atoms with E-state index in [1.165, 1.54) is 19.3 Å². The van der Waals surface area contributed by atoms with Crippen LogP contribution in [-0.2, 0) is 0 Å². The average Bonchev–Trinajstić information content (AvgIpc) is 2.38. The zero-order valence-corrected chi connectivity index (χ0v) is 13.4. The summed E-state index contributed by atoms with van der Waals surface area (Å²) in [6, 6.07) is 4.93. The lowest BCUT2D eigenvalue weighted by Gasteiger charge is -2.47. The number of aromatic nitrogens is 1. The van der Waals surface area contributed by atoms with E-state index in [-0.39, 0.29) is 11.9 Å². The maximum atomic E-state index is 12.4. The van der Waals surface area contributed by atoms with Gasteiger partial charge in [-0.1, -0.05) is 18.0 Å². The standard InChI is InChI=1S/C16H22ClN3O/c1-10-6-11(7-15(17)18-10)16(21)19-12-8-13-4-3-5-14(9-12)20(13)2/h6-7,12-14H,3-5,8-9H2,1-2H3,(H,19,21). The van der Waals surface area contributed by atoms with E-state index in [0.29, 0.717) is 22.8 Å². The number of halogens is 1. The molecule has 0 radical (unpaired) electrons. The van der Waals surface area contributed by atoms with Crippen LogP contribution in [0.5, 0.6) is 0 Å². The van der Waals surface area contributed by atoms with Crippen molar-refractivity contribution in [1.29, 1.82) is 0 Å². The van der Waals surface area contributed by atoms with Gasteiger partial charge in [-0.2, -0.15) is 0 Å².